The molecule has 33 heavy (non-hydrogen) atoms. The van der Waals surface area contributed by atoms with E-state index >= 15 is 0 Å². The molecule has 6 rings (SSSR count). The third-order valence-corrected chi connectivity index (χ3v) is 5.89. The van der Waals surface area contributed by atoms with Crippen molar-refractivity contribution >= 4 is 33.9 Å². The van der Waals surface area contributed by atoms with Crippen molar-refractivity contribution in [3.05, 3.63) is 90.3 Å². The van der Waals surface area contributed by atoms with E-state index in [4.69, 9.17) is 9.72 Å². The van der Waals surface area contributed by atoms with Crippen molar-refractivity contribution in [1.82, 2.24) is 25.0 Å². The van der Waals surface area contributed by atoms with Crippen molar-refractivity contribution in [3.8, 4) is 5.75 Å². The van der Waals surface area contributed by atoms with E-state index in [1.807, 2.05) is 52.9 Å². The molecule has 162 valence electrons. The number of hydrogen-bond donors (Lipinski definition) is 2. The molecule has 2 N–H and O–H groups in total. The minimum absolute atomic E-state index is 0.160. The first-order chi connectivity index (χ1) is 16.3. The van der Waals surface area contributed by atoms with Crippen LogP contribution in [0, 0.1) is 0 Å². The molecule has 2 aromatic heterocycles. The van der Waals surface area contributed by atoms with Gasteiger partial charge in [-0.25, -0.2) is 4.98 Å². The van der Waals surface area contributed by atoms with Gasteiger partial charge in [-0.05, 0) is 47.5 Å². The van der Waals surface area contributed by atoms with Crippen molar-refractivity contribution in [1.29, 1.82) is 0 Å². The summed E-state index contributed by atoms with van der Waals surface area (Å²) in [4.78, 5) is 4.76. The van der Waals surface area contributed by atoms with Crippen LogP contribution in [0.15, 0.2) is 84.2 Å². The Morgan fingerprint density at radius 1 is 1.00 bits per heavy atom. The Morgan fingerprint density at radius 3 is 2.64 bits per heavy atom. The SMILES string of the molecule is COc1ccc(C2CC(c3ccc(Nc4nc5ccccc5c5nncn45)cc3)=NN2)cc1. The van der Waals surface area contributed by atoms with E-state index in [2.05, 4.69) is 50.3 Å². The molecule has 8 nitrogen and oxygen atoms in total. The molecule has 0 spiro atoms. The van der Waals surface area contributed by atoms with Gasteiger partial charge in [-0.1, -0.05) is 36.4 Å². The van der Waals surface area contributed by atoms with Gasteiger partial charge in [0.2, 0.25) is 5.95 Å². The predicted octanol–water partition coefficient (Wildman–Crippen LogP) is 4.47. The van der Waals surface area contributed by atoms with Crippen LogP contribution >= 0.6 is 0 Å². The zero-order valence-electron chi connectivity index (χ0n) is 17.9. The number of rotatable bonds is 5. The van der Waals surface area contributed by atoms with Crippen LogP contribution in [0.3, 0.4) is 0 Å². The summed E-state index contributed by atoms with van der Waals surface area (Å²) in [6.07, 6.45) is 2.50. The maximum absolute atomic E-state index is 5.25. The molecule has 0 saturated heterocycles. The van der Waals surface area contributed by atoms with E-state index in [1.54, 1.807) is 13.4 Å². The third-order valence-electron chi connectivity index (χ3n) is 5.89. The van der Waals surface area contributed by atoms with Gasteiger partial charge in [-0.2, -0.15) is 5.10 Å². The molecular formula is C25H21N7O. The Morgan fingerprint density at radius 2 is 1.82 bits per heavy atom. The van der Waals surface area contributed by atoms with Gasteiger partial charge in [0.15, 0.2) is 5.65 Å². The standard InChI is InChI=1S/C25H21N7O/c1-33-19-12-8-17(9-13-19)23-14-22(29-30-23)16-6-10-18(11-7-16)27-25-28-21-5-3-2-4-20(21)24-31-26-15-32(24)25/h2-13,15,23,30H,14H2,1H3,(H,27,28). The minimum Gasteiger partial charge on any atom is -0.497 e. The summed E-state index contributed by atoms with van der Waals surface area (Å²) in [5, 5.41) is 17.3. The Hall–Kier alpha value is -4.46. The van der Waals surface area contributed by atoms with Crippen molar-refractivity contribution in [2.24, 2.45) is 5.10 Å². The van der Waals surface area contributed by atoms with Gasteiger partial charge in [-0.15, -0.1) is 10.2 Å². The van der Waals surface area contributed by atoms with Gasteiger partial charge in [-0.3, -0.25) is 4.40 Å². The summed E-state index contributed by atoms with van der Waals surface area (Å²) in [6.45, 7) is 0. The van der Waals surface area contributed by atoms with Gasteiger partial charge in [0.25, 0.3) is 0 Å². The van der Waals surface area contributed by atoms with E-state index in [-0.39, 0.29) is 6.04 Å². The van der Waals surface area contributed by atoms with Crippen molar-refractivity contribution in [2.45, 2.75) is 12.5 Å². The van der Waals surface area contributed by atoms with Crippen molar-refractivity contribution < 1.29 is 4.74 Å². The van der Waals surface area contributed by atoms with Crippen LogP contribution in [-0.2, 0) is 0 Å². The number of anilines is 2. The van der Waals surface area contributed by atoms with Crippen molar-refractivity contribution in [3.63, 3.8) is 0 Å². The highest BCUT2D eigenvalue weighted by molar-refractivity contribution is 6.02. The lowest BCUT2D eigenvalue weighted by Gasteiger charge is -2.11. The second-order valence-corrected chi connectivity index (χ2v) is 7.90. The maximum atomic E-state index is 5.25. The second kappa shape index (κ2) is 7.90. The molecule has 0 radical (unpaired) electrons. The number of para-hydroxylation sites is 1. The first-order valence-corrected chi connectivity index (χ1v) is 10.7. The van der Waals surface area contributed by atoms with Gasteiger partial charge >= 0.3 is 0 Å². The quantitative estimate of drug-likeness (QED) is 0.424. The molecule has 3 heterocycles. The highest BCUT2D eigenvalue weighted by Gasteiger charge is 2.21. The van der Waals surface area contributed by atoms with Crippen LogP contribution in [-0.4, -0.2) is 32.4 Å². The molecule has 0 fully saturated rings. The Labute approximate surface area is 190 Å². The predicted molar refractivity (Wildman–Crippen MR) is 128 cm³/mol. The fraction of sp³-hybridized carbons (Fsp3) is 0.120. The number of fused-ring (bicyclic) bond motifs is 3. The highest BCUT2D eigenvalue weighted by atomic mass is 16.5. The first-order valence-electron chi connectivity index (χ1n) is 10.7. The monoisotopic (exact) mass is 435 g/mol. The molecule has 3 aromatic carbocycles. The maximum Gasteiger partial charge on any atom is 0.215 e. The van der Waals surface area contributed by atoms with Gasteiger partial charge in [0, 0.05) is 17.5 Å². The molecule has 1 atom stereocenters. The van der Waals surface area contributed by atoms with Gasteiger partial charge in [0.05, 0.1) is 24.4 Å². The summed E-state index contributed by atoms with van der Waals surface area (Å²) < 4.78 is 7.11. The Balaban J connectivity index is 1.21. The number of methoxy groups -OCH3 is 1. The average molecular weight is 435 g/mol. The van der Waals surface area contributed by atoms with E-state index in [1.165, 1.54) is 5.56 Å². The molecule has 1 aliphatic heterocycles. The number of nitrogens with one attached hydrogen (secondary N) is 2. The number of benzene rings is 3. The molecular weight excluding hydrogens is 414 g/mol. The molecule has 0 saturated carbocycles. The van der Waals surface area contributed by atoms with E-state index < -0.39 is 0 Å². The van der Waals surface area contributed by atoms with Crippen LogP contribution in [0.4, 0.5) is 11.6 Å². The largest absolute Gasteiger partial charge is 0.497 e. The first kappa shape index (κ1) is 19.2. The Kier molecular flexibility index (Phi) is 4.61. The zero-order valence-corrected chi connectivity index (χ0v) is 17.9. The summed E-state index contributed by atoms with van der Waals surface area (Å²) in [5.41, 5.74) is 9.13. The van der Waals surface area contributed by atoms with Gasteiger partial charge in [0.1, 0.15) is 12.1 Å². The molecule has 0 aliphatic carbocycles. The number of ether oxygens (including phenoxy) is 1. The van der Waals surface area contributed by atoms with Crippen LogP contribution in [0.25, 0.3) is 16.6 Å². The van der Waals surface area contributed by atoms with Crippen LogP contribution < -0.4 is 15.5 Å². The zero-order chi connectivity index (χ0) is 22.2. The lowest BCUT2D eigenvalue weighted by molar-refractivity contribution is 0.414. The molecule has 0 amide bonds. The fourth-order valence-electron chi connectivity index (χ4n) is 4.12. The average Bonchev–Trinajstić information content (AvgIpc) is 3.56. The number of hydrazone groups is 1. The van der Waals surface area contributed by atoms with Crippen molar-refractivity contribution in [2.75, 3.05) is 12.4 Å². The van der Waals surface area contributed by atoms with Crippen LogP contribution in [0.5, 0.6) is 5.75 Å². The molecule has 0 bridgehead atoms. The smallest absolute Gasteiger partial charge is 0.215 e. The summed E-state index contributed by atoms with van der Waals surface area (Å²) >= 11 is 0. The van der Waals surface area contributed by atoms with Gasteiger partial charge < -0.3 is 15.5 Å². The second-order valence-electron chi connectivity index (χ2n) is 7.90. The third kappa shape index (κ3) is 3.51. The van der Waals surface area contributed by atoms with E-state index in [9.17, 15) is 0 Å². The normalized spacial score (nSPS) is 15.4. The summed E-state index contributed by atoms with van der Waals surface area (Å²) in [6, 6.07) is 24.4. The molecule has 8 heteroatoms. The summed E-state index contributed by atoms with van der Waals surface area (Å²) in [7, 11) is 1.67. The highest BCUT2D eigenvalue weighted by Crippen LogP contribution is 2.27. The summed E-state index contributed by atoms with van der Waals surface area (Å²) in [5.74, 6) is 1.52. The number of nitrogens with zero attached hydrogens (tertiary/aromatic N) is 5. The van der Waals surface area contributed by atoms with E-state index in [0.717, 1.165) is 45.7 Å². The fourth-order valence-corrected chi connectivity index (χ4v) is 4.12. The number of aromatic nitrogens is 4. The topological polar surface area (TPSA) is 88.7 Å². The molecule has 5 aromatic rings. The molecule has 1 aliphatic rings. The molecule has 1 unspecified atom stereocenters. The lowest BCUT2D eigenvalue weighted by atomic mass is 9.99. The lowest BCUT2D eigenvalue weighted by Crippen LogP contribution is -2.09. The number of hydrogen-bond acceptors (Lipinski definition) is 7. The van der Waals surface area contributed by atoms with Crippen LogP contribution in [0.1, 0.15) is 23.6 Å². The minimum atomic E-state index is 0.160. The Bertz CT molecular complexity index is 1470. The van der Waals surface area contributed by atoms with E-state index in [0.29, 0.717) is 5.95 Å². The van der Waals surface area contributed by atoms with Crippen LogP contribution in [0.2, 0.25) is 0 Å².